The van der Waals surface area contributed by atoms with E-state index >= 15 is 0 Å². The van der Waals surface area contributed by atoms with Gasteiger partial charge in [0.2, 0.25) is 5.91 Å². The number of unbranched alkanes of at least 4 members (excludes halogenated alkanes) is 15. The van der Waals surface area contributed by atoms with Gasteiger partial charge in [0.25, 0.3) is 0 Å². The summed E-state index contributed by atoms with van der Waals surface area (Å²) < 4.78 is 0. The van der Waals surface area contributed by atoms with Crippen molar-refractivity contribution in [3.8, 4) is 0 Å². The fourth-order valence-corrected chi connectivity index (χ4v) is 4.28. The van der Waals surface area contributed by atoms with Crippen molar-refractivity contribution in [1.29, 1.82) is 0 Å². The Morgan fingerprint density at radius 3 is 1.67 bits per heavy atom. The van der Waals surface area contributed by atoms with Gasteiger partial charge in [0.1, 0.15) is 6.04 Å². The third-order valence-corrected chi connectivity index (χ3v) is 6.41. The zero-order chi connectivity index (χ0) is 26.2. The molecule has 36 heavy (non-hydrogen) atoms. The molecule has 0 aromatic heterocycles. The molecule has 206 valence electrons. The molecule has 0 aliphatic rings. The van der Waals surface area contributed by atoms with Crippen LogP contribution in [-0.4, -0.2) is 35.5 Å². The summed E-state index contributed by atoms with van der Waals surface area (Å²) in [5, 5.41) is 24.0. The molecule has 1 amide bonds. The van der Waals surface area contributed by atoms with E-state index in [9.17, 15) is 14.7 Å². The van der Waals surface area contributed by atoms with Crippen LogP contribution in [0.5, 0.6) is 0 Å². The molecular formula is C29H55N2NaO4. The molecular weight excluding hydrogens is 463 g/mol. The smallest absolute Gasteiger partial charge is 0.862 e. The molecule has 0 saturated carbocycles. The first-order valence-corrected chi connectivity index (χ1v) is 14.6. The van der Waals surface area contributed by atoms with Crippen molar-refractivity contribution in [3.05, 3.63) is 0 Å². The van der Waals surface area contributed by atoms with E-state index in [0.29, 0.717) is 25.3 Å². The number of amides is 1. The summed E-state index contributed by atoms with van der Waals surface area (Å²) in [5.74, 6) is -0.640. The first-order valence-electron chi connectivity index (χ1n) is 14.6. The van der Waals surface area contributed by atoms with Crippen molar-refractivity contribution in [3.63, 3.8) is 0 Å². The molecule has 0 heterocycles. The van der Waals surface area contributed by atoms with E-state index in [1.165, 1.54) is 44.9 Å². The fraction of sp³-hybridized carbons (Fsp3) is 0.897. The van der Waals surface area contributed by atoms with Crippen LogP contribution < -0.4 is 40.0 Å². The molecule has 0 saturated heterocycles. The van der Waals surface area contributed by atoms with Crippen molar-refractivity contribution in [2.75, 3.05) is 6.54 Å². The van der Waals surface area contributed by atoms with Gasteiger partial charge in [0.05, 0.1) is 0 Å². The van der Waals surface area contributed by atoms with Crippen molar-refractivity contribution >= 4 is 17.8 Å². The van der Waals surface area contributed by atoms with Crippen molar-refractivity contribution < 1.29 is 49.4 Å². The van der Waals surface area contributed by atoms with E-state index in [0.717, 1.165) is 64.2 Å². The number of carboxylic acids is 1. The van der Waals surface area contributed by atoms with Crippen LogP contribution in [0.15, 0.2) is 4.99 Å². The first kappa shape index (κ1) is 37.6. The summed E-state index contributed by atoms with van der Waals surface area (Å²) >= 11 is 0. The second-order valence-corrected chi connectivity index (χ2v) is 10.5. The minimum absolute atomic E-state index is 0. The average molecular weight is 519 g/mol. The van der Waals surface area contributed by atoms with Crippen LogP contribution >= 0.6 is 0 Å². The number of aliphatic imine (C=N–C) groups is 1. The van der Waals surface area contributed by atoms with Crippen molar-refractivity contribution in [2.24, 2.45) is 10.9 Å². The summed E-state index contributed by atoms with van der Waals surface area (Å²) in [6, 6.07) is -0.563. The van der Waals surface area contributed by atoms with Gasteiger partial charge in [-0.25, -0.2) is 0 Å². The normalized spacial score (nSPS) is 12.4. The molecule has 0 unspecified atom stereocenters. The predicted molar refractivity (Wildman–Crippen MR) is 145 cm³/mol. The van der Waals surface area contributed by atoms with Crippen LogP contribution in [0.4, 0.5) is 0 Å². The Balaban J connectivity index is 0. The molecule has 0 aliphatic heterocycles. The van der Waals surface area contributed by atoms with Gasteiger partial charge in [-0.1, -0.05) is 111 Å². The summed E-state index contributed by atoms with van der Waals surface area (Å²) in [5.41, 5.74) is 0. The number of carbonyl (C=O) groups is 2. The Hall–Kier alpha value is -0.590. The summed E-state index contributed by atoms with van der Waals surface area (Å²) in [7, 11) is 0. The quantitative estimate of drug-likeness (QED) is 0.0831. The molecule has 7 heteroatoms. The summed E-state index contributed by atoms with van der Waals surface area (Å²) in [4.78, 5) is 27.4. The zero-order valence-corrected chi connectivity index (χ0v) is 26.1. The van der Waals surface area contributed by atoms with E-state index in [4.69, 9.17) is 5.11 Å². The number of nitrogens with zero attached hydrogens (tertiary/aromatic N) is 1. The Morgan fingerprint density at radius 2 is 1.19 bits per heavy atom. The van der Waals surface area contributed by atoms with E-state index in [2.05, 4.69) is 31.1 Å². The van der Waals surface area contributed by atoms with Crippen LogP contribution in [0.1, 0.15) is 149 Å². The van der Waals surface area contributed by atoms with Crippen LogP contribution in [0.25, 0.3) is 0 Å². The van der Waals surface area contributed by atoms with Gasteiger partial charge in [-0.15, -0.1) is 0 Å². The molecule has 0 radical (unpaired) electrons. The molecule has 0 aromatic rings. The second kappa shape index (κ2) is 27.4. The van der Waals surface area contributed by atoms with E-state index in [1.54, 1.807) is 0 Å². The molecule has 1 atom stereocenters. The average Bonchev–Trinajstić information content (AvgIpc) is 2.80. The minimum atomic E-state index is -0.710. The number of rotatable bonds is 25. The molecule has 0 rings (SSSR count). The maximum Gasteiger partial charge on any atom is 1.00 e. The molecule has 0 fully saturated rings. The number of nitrogens with one attached hydrogen (secondary N) is 1. The number of carbonyl (C=O) groups excluding carboxylic acids is 1. The summed E-state index contributed by atoms with van der Waals surface area (Å²) in [6.45, 7) is 6.98. The van der Waals surface area contributed by atoms with Crippen LogP contribution in [0, 0.1) is 5.92 Å². The zero-order valence-electron chi connectivity index (χ0n) is 24.1. The van der Waals surface area contributed by atoms with Crippen LogP contribution in [0.3, 0.4) is 0 Å². The number of carboxylic acid groups (broad SMARTS) is 1. The Labute approximate surface area is 244 Å². The van der Waals surface area contributed by atoms with Gasteiger partial charge in [-0.3, -0.25) is 14.6 Å². The molecule has 0 bridgehead atoms. The van der Waals surface area contributed by atoms with Gasteiger partial charge in [0, 0.05) is 13.0 Å². The number of hydrogen-bond donors (Lipinski definition) is 2. The van der Waals surface area contributed by atoms with Crippen molar-refractivity contribution in [1.82, 2.24) is 5.32 Å². The topological polar surface area (TPSA) is 102 Å². The predicted octanol–water partition coefficient (Wildman–Crippen LogP) is 3.80. The maximum absolute atomic E-state index is 12.6. The van der Waals surface area contributed by atoms with Gasteiger partial charge < -0.3 is 15.5 Å². The fourth-order valence-electron chi connectivity index (χ4n) is 4.28. The van der Waals surface area contributed by atoms with Crippen molar-refractivity contribution in [2.45, 2.75) is 155 Å². The first-order chi connectivity index (χ1) is 16.9. The minimum Gasteiger partial charge on any atom is -0.862 e. The molecule has 0 aliphatic carbocycles. The second-order valence-electron chi connectivity index (χ2n) is 10.5. The Morgan fingerprint density at radius 1 is 0.750 bits per heavy atom. The van der Waals surface area contributed by atoms with E-state index in [1.807, 2.05) is 0 Å². The molecule has 0 spiro atoms. The third kappa shape index (κ3) is 26.5. The van der Waals surface area contributed by atoms with Gasteiger partial charge in [0.15, 0.2) is 0 Å². The monoisotopic (exact) mass is 518 g/mol. The Bertz CT molecular complexity index is 555. The van der Waals surface area contributed by atoms with E-state index in [-0.39, 0.29) is 47.8 Å². The van der Waals surface area contributed by atoms with Gasteiger partial charge >= 0.3 is 35.5 Å². The molecule has 0 aromatic carbocycles. The largest absolute Gasteiger partial charge is 1.00 e. The summed E-state index contributed by atoms with van der Waals surface area (Å²) in [6.07, 6.45) is 20.5. The van der Waals surface area contributed by atoms with Crippen LogP contribution in [-0.2, 0) is 9.59 Å². The standard InChI is InChI=1S/C29H56N2O4.Na/c1-4-5-6-7-8-9-12-15-18-21-27(32)31-26(24-25(2)3)29(35)30-23-20-17-14-11-10-13-16-19-22-28(33)34;/h25-26H,4-24H2,1-3H3,(H,30,35)(H,31,32)(H,33,34);/q;+1/p-1/t26-;/m1./s1. The maximum atomic E-state index is 12.6. The molecule has 6 nitrogen and oxygen atoms in total. The third-order valence-electron chi connectivity index (χ3n) is 6.41. The Kier molecular flexibility index (Phi) is 28.6. The van der Waals surface area contributed by atoms with Gasteiger partial charge in [-0.05, 0) is 43.9 Å². The van der Waals surface area contributed by atoms with Crippen LogP contribution in [0.2, 0.25) is 0 Å². The van der Waals surface area contributed by atoms with E-state index < -0.39 is 12.0 Å². The molecule has 2 N–H and O–H groups in total. The van der Waals surface area contributed by atoms with Gasteiger partial charge in [-0.2, -0.15) is 0 Å². The number of hydrogen-bond acceptors (Lipinski definition) is 4. The number of aliphatic carboxylic acids is 1. The SMILES string of the molecule is CCCCCCCCCCCC([O-])=N[C@H](CC(C)C)C(=O)NCCCCCCCCCCC(=O)O.[Na+].